The minimum absolute atomic E-state index is 0.179. The van der Waals surface area contributed by atoms with Gasteiger partial charge in [-0.2, -0.15) is 0 Å². The van der Waals surface area contributed by atoms with E-state index in [9.17, 15) is 13.2 Å². The van der Waals surface area contributed by atoms with Crippen LogP contribution in [0.4, 0.5) is 13.2 Å². The Bertz CT molecular complexity index is 1050. The van der Waals surface area contributed by atoms with Crippen molar-refractivity contribution in [3.05, 3.63) is 60.3 Å². The number of hydrogen-bond donors (Lipinski definition) is 0. The number of hydrogen-bond acceptors (Lipinski definition) is 5. The molecule has 28 heavy (non-hydrogen) atoms. The molecule has 9 heteroatoms. The molecular formula is C19H17F3N6. The predicted molar refractivity (Wildman–Crippen MR) is 99.1 cm³/mol. The van der Waals surface area contributed by atoms with Crippen molar-refractivity contribution in [3.8, 4) is 17.3 Å². The third-order valence-electron chi connectivity index (χ3n) is 3.95. The first-order valence-electron chi connectivity index (χ1n) is 8.44. The summed E-state index contributed by atoms with van der Waals surface area (Å²) < 4.78 is 37.2. The van der Waals surface area contributed by atoms with Gasteiger partial charge < -0.3 is 0 Å². The average molecular weight is 386 g/mol. The van der Waals surface area contributed by atoms with Gasteiger partial charge >= 0.3 is 0 Å². The van der Waals surface area contributed by atoms with Crippen LogP contribution in [0.3, 0.4) is 0 Å². The molecule has 0 aliphatic heterocycles. The highest BCUT2D eigenvalue weighted by atomic mass is 19.3. The van der Waals surface area contributed by atoms with E-state index in [0.29, 0.717) is 35.7 Å². The molecule has 0 saturated heterocycles. The number of imidazole rings is 1. The molecule has 4 rings (SSSR count). The van der Waals surface area contributed by atoms with Crippen molar-refractivity contribution < 1.29 is 13.2 Å². The summed E-state index contributed by atoms with van der Waals surface area (Å²) in [6.45, 7) is 1.99. The van der Waals surface area contributed by atoms with Gasteiger partial charge in [-0.15, -0.1) is 0 Å². The fraction of sp³-hybridized carbons (Fsp3) is 0.211. The van der Waals surface area contributed by atoms with Crippen LogP contribution in [0.5, 0.6) is 0 Å². The number of fused-ring (bicyclic) bond motifs is 1. The van der Waals surface area contributed by atoms with Gasteiger partial charge in [0.2, 0.25) is 0 Å². The largest absolute Gasteiger partial charge is 0.265 e. The predicted octanol–water partition coefficient (Wildman–Crippen LogP) is 4.36. The van der Waals surface area contributed by atoms with E-state index in [4.69, 9.17) is 0 Å². The first-order chi connectivity index (χ1) is 13.7. The van der Waals surface area contributed by atoms with Gasteiger partial charge in [-0.3, -0.25) is 18.9 Å². The standard InChI is InChI=1S/C18H14F2N6.CH3F/c1-2-12-9-23-15(10-22-12)26-17-14(7-11(8-24-17)16(19)20)25-18(26)13-5-3-4-6-21-13;1-2/h3-10,16H,2H2,1H3;1H3. The Kier molecular flexibility index (Phi) is 5.93. The van der Waals surface area contributed by atoms with Gasteiger partial charge in [0.05, 0.1) is 25.3 Å². The van der Waals surface area contributed by atoms with Crippen molar-refractivity contribution in [2.45, 2.75) is 19.8 Å². The Morgan fingerprint density at radius 2 is 1.82 bits per heavy atom. The second-order valence-corrected chi connectivity index (χ2v) is 5.62. The summed E-state index contributed by atoms with van der Waals surface area (Å²) in [6.07, 6.45) is 4.25. The number of alkyl halides is 3. The summed E-state index contributed by atoms with van der Waals surface area (Å²) in [5.74, 6) is 0.973. The quantitative estimate of drug-likeness (QED) is 0.521. The van der Waals surface area contributed by atoms with Gasteiger partial charge in [0.1, 0.15) is 11.2 Å². The SMILES string of the molecule is CCc1cnc(-n2c(-c3ccccn3)nc3cc(C(F)F)cnc32)cn1.CF. The highest BCUT2D eigenvalue weighted by Gasteiger charge is 2.19. The molecule has 0 bridgehead atoms. The third-order valence-corrected chi connectivity index (χ3v) is 3.95. The van der Waals surface area contributed by atoms with Crippen molar-refractivity contribution in [2.24, 2.45) is 0 Å². The van der Waals surface area contributed by atoms with Gasteiger partial charge in [0.15, 0.2) is 17.3 Å². The van der Waals surface area contributed by atoms with Crippen LogP contribution in [-0.4, -0.2) is 36.7 Å². The van der Waals surface area contributed by atoms with Crippen LogP contribution in [-0.2, 0) is 6.42 Å². The molecule has 0 unspecified atom stereocenters. The van der Waals surface area contributed by atoms with Gasteiger partial charge in [0, 0.05) is 18.0 Å². The van der Waals surface area contributed by atoms with E-state index in [2.05, 4.69) is 24.9 Å². The molecule has 0 fully saturated rings. The zero-order valence-corrected chi connectivity index (χ0v) is 15.2. The highest BCUT2D eigenvalue weighted by molar-refractivity contribution is 5.79. The first kappa shape index (κ1) is 19.4. The maximum absolute atomic E-state index is 13.0. The molecule has 0 aliphatic rings. The van der Waals surface area contributed by atoms with E-state index in [0.717, 1.165) is 18.3 Å². The molecule has 0 radical (unpaired) electrons. The van der Waals surface area contributed by atoms with Gasteiger partial charge in [-0.25, -0.2) is 23.7 Å². The fourth-order valence-corrected chi connectivity index (χ4v) is 2.63. The lowest BCUT2D eigenvalue weighted by molar-refractivity contribution is 0.151. The van der Waals surface area contributed by atoms with E-state index < -0.39 is 6.43 Å². The van der Waals surface area contributed by atoms with E-state index in [1.807, 2.05) is 13.0 Å². The zero-order chi connectivity index (χ0) is 20.1. The van der Waals surface area contributed by atoms with Gasteiger partial charge in [-0.05, 0) is 24.6 Å². The molecule has 0 N–H and O–H groups in total. The molecule has 0 amide bonds. The Hall–Kier alpha value is -3.36. The molecule has 4 heterocycles. The average Bonchev–Trinajstić information content (AvgIpc) is 3.14. The molecule has 0 spiro atoms. The lowest BCUT2D eigenvalue weighted by Crippen LogP contribution is -2.04. The number of nitrogens with zero attached hydrogens (tertiary/aromatic N) is 6. The van der Waals surface area contributed by atoms with Gasteiger partial charge in [-0.1, -0.05) is 13.0 Å². The summed E-state index contributed by atoms with van der Waals surface area (Å²) in [5, 5.41) is 0. The molecule has 0 saturated carbocycles. The summed E-state index contributed by atoms with van der Waals surface area (Å²) in [4.78, 5) is 21.8. The number of halogens is 3. The summed E-state index contributed by atoms with van der Waals surface area (Å²) in [5.41, 5.74) is 2.04. The maximum Gasteiger partial charge on any atom is 0.265 e. The second kappa shape index (κ2) is 8.55. The number of pyridine rings is 2. The van der Waals surface area contributed by atoms with Crippen LogP contribution in [0.2, 0.25) is 0 Å². The monoisotopic (exact) mass is 386 g/mol. The minimum atomic E-state index is -2.61. The minimum Gasteiger partial charge on any atom is -0.257 e. The van der Waals surface area contributed by atoms with Crippen LogP contribution < -0.4 is 0 Å². The molecular weight excluding hydrogens is 369 g/mol. The summed E-state index contributed by atoms with van der Waals surface area (Å²) in [6, 6.07) is 6.75. The maximum atomic E-state index is 13.0. The van der Waals surface area contributed by atoms with Crippen molar-refractivity contribution in [2.75, 3.05) is 7.18 Å². The van der Waals surface area contributed by atoms with Crippen LogP contribution in [0, 0.1) is 0 Å². The van der Waals surface area contributed by atoms with Crippen LogP contribution in [0.25, 0.3) is 28.5 Å². The van der Waals surface area contributed by atoms with Crippen molar-refractivity contribution in [1.82, 2.24) is 29.5 Å². The smallest absolute Gasteiger partial charge is 0.257 e. The molecule has 0 atom stereocenters. The third kappa shape index (κ3) is 3.68. The highest BCUT2D eigenvalue weighted by Crippen LogP contribution is 2.28. The normalized spacial score (nSPS) is 10.8. The second-order valence-electron chi connectivity index (χ2n) is 5.62. The Labute approximate surface area is 159 Å². The summed E-state index contributed by atoms with van der Waals surface area (Å²) in [7, 11) is 0.500. The first-order valence-corrected chi connectivity index (χ1v) is 8.44. The van der Waals surface area contributed by atoms with Crippen molar-refractivity contribution >= 4 is 11.2 Å². The van der Waals surface area contributed by atoms with E-state index in [1.54, 1.807) is 35.3 Å². The summed E-state index contributed by atoms with van der Waals surface area (Å²) >= 11 is 0. The molecule has 144 valence electrons. The van der Waals surface area contributed by atoms with Gasteiger partial charge in [0.25, 0.3) is 6.43 Å². The Morgan fingerprint density at radius 3 is 2.43 bits per heavy atom. The van der Waals surface area contributed by atoms with Crippen LogP contribution >= 0.6 is 0 Å². The molecule has 6 nitrogen and oxygen atoms in total. The lowest BCUT2D eigenvalue weighted by atomic mass is 10.3. The number of aromatic nitrogens is 6. The van der Waals surface area contributed by atoms with E-state index in [1.165, 1.54) is 6.07 Å². The number of rotatable bonds is 4. The lowest BCUT2D eigenvalue weighted by Gasteiger charge is -2.07. The zero-order valence-electron chi connectivity index (χ0n) is 15.2. The van der Waals surface area contributed by atoms with E-state index in [-0.39, 0.29) is 5.56 Å². The van der Waals surface area contributed by atoms with Crippen LogP contribution in [0.1, 0.15) is 24.6 Å². The topological polar surface area (TPSA) is 69.4 Å². The van der Waals surface area contributed by atoms with Crippen LogP contribution in [0.15, 0.2) is 49.1 Å². The Balaban J connectivity index is 0.00000109. The molecule has 4 aromatic heterocycles. The number of aryl methyl sites for hydroxylation is 1. The van der Waals surface area contributed by atoms with Crippen molar-refractivity contribution in [1.29, 1.82) is 0 Å². The van der Waals surface area contributed by atoms with Crippen molar-refractivity contribution in [3.63, 3.8) is 0 Å². The Morgan fingerprint density at radius 1 is 1.00 bits per heavy atom. The molecule has 4 aromatic rings. The fourth-order valence-electron chi connectivity index (χ4n) is 2.63. The molecule has 0 aromatic carbocycles. The molecule has 0 aliphatic carbocycles. The van der Waals surface area contributed by atoms with E-state index >= 15 is 0 Å².